The Morgan fingerprint density at radius 3 is 2.84 bits per heavy atom. The van der Waals surface area contributed by atoms with Crippen LogP contribution in [-0.4, -0.2) is 42.4 Å². The van der Waals surface area contributed by atoms with Gasteiger partial charge in [-0.05, 0) is 25.7 Å². The minimum atomic E-state index is -0.848. The van der Waals surface area contributed by atoms with Crippen LogP contribution in [0.25, 0.3) is 0 Å². The third-order valence-electron chi connectivity index (χ3n) is 3.49. The third kappa shape index (κ3) is 4.24. The van der Waals surface area contributed by atoms with E-state index in [1.54, 1.807) is 12.2 Å². The number of ether oxygens (including phenoxy) is 1. The van der Waals surface area contributed by atoms with Crippen LogP contribution >= 0.6 is 0 Å². The number of nitrogens with one attached hydrogen (secondary N) is 2. The first-order valence-corrected chi connectivity index (χ1v) is 6.72. The summed E-state index contributed by atoms with van der Waals surface area (Å²) in [7, 11) is 0. The second-order valence-corrected chi connectivity index (χ2v) is 5.00. The number of amides is 2. The van der Waals surface area contributed by atoms with Gasteiger partial charge in [-0.15, -0.1) is 0 Å². The number of rotatable bonds is 5. The maximum Gasteiger partial charge on any atom is 0.315 e. The zero-order valence-electron chi connectivity index (χ0n) is 10.8. The topological polar surface area (TPSA) is 87.7 Å². The number of carbonyl (C=O) groups excluding carboxylic acids is 1. The first kappa shape index (κ1) is 13.9. The van der Waals surface area contributed by atoms with Crippen molar-refractivity contribution in [2.45, 2.75) is 37.8 Å². The molecule has 19 heavy (non-hydrogen) atoms. The Labute approximate surface area is 112 Å². The summed E-state index contributed by atoms with van der Waals surface area (Å²) in [5.41, 5.74) is 0. The fourth-order valence-corrected chi connectivity index (χ4v) is 2.43. The van der Waals surface area contributed by atoms with Crippen LogP contribution in [0.15, 0.2) is 12.2 Å². The minimum absolute atomic E-state index is 0.191. The number of aliphatic carboxylic acids is 1. The van der Waals surface area contributed by atoms with Crippen LogP contribution in [0.1, 0.15) is 25.7 Å². The number of carboxylic acid groups (broad SMARTS) is 1. The van der Waals surface area contributed by atoms with E-state index in [0.717, 1.165) is 25.9 Å². The summed E-state index contributed by atoms with van der Waals surface area (Å²) in [6.07, 6.45) is 7.04. The van der Waals surface area contributed by atoms with Gasteiger partial charge in [0, 0.05) is 13.2 Å². The number of carboxylic acids is 1. The average molecular weight is 268 g/mol. The summed E-state index contributed by atoms with van der Waals surface area (Å²) in [5.74, 6) is -1.34. The average Bonchev–Trinajstić information content (AvgIpc) is 3.00. The first-order chi connectivity index (χ1) is 9.15. The van der Waals surface area contributed by atoms with Crippen LogP contribution in [0.3, 0.4) is 0 Å². The van der Waals surface area contributed by atoms with Crippen molar-refractivity contribution in [3.05, 3.63) is 12.2 Å². The molecule has 0 radical (unpaired) electrons. The van der Waals surface area contributed by atoms with Crippen LogP contribution in [-0.2, 0) is 9.53 Å². The Balaban J connectivity index is 1.59. The predicted octanol–water partition coefficient (Wildman–Crippen LogP) is 0.884. The van der Waals surface area contributed by atoms with Gasteiger partial charge >= 0.3 is 12.0 Å². The van der Waals surface area contributed by atoms with Crippen LogP contribution < -0.4 is 10.6 Å². The molecule has 6 heteroatoms. The van der Waals surface area contributed by atoms with Crippen LogP contribution in [0.4, 0.5) is 4.79 Å². The minimum Gasteiger partial charge on any atom is -0.481 e. The molecule has 1 fully saturated rings. The van der Waals surface area contributed by atoms with Gasteiger partial charge in [0.05, 0.1) is 18.1 Å². The molecule has 1 aliphatic heterocycles. The van der Waals surface area contributed by atoms with Gasteiger partial charge in [0.15, 0.2) is 0 Å². The SMILES string of the molecule is O=C(NCCC1CCCO1)NC1C=CC(C(=O)O)C1. The summed E-state index contributed by atoms with van der Waals surface area (Å²) >= 11 is 0. The van der Waals surface area contributed by atoms with Gasteiger partial charge < -0.3 is 20.5 Å². The zero-order chi connectivity index (χ0) is 13.7. The molecular weight excluding hydrogens is 248 g/mol. The zero-order valence-corrected chi connectivity index (χ0v) is 10.8. The van der Waals surface area contributed by atoms with Gasteiger partial charge in [-0.3, -0.25) is 4.79 Å². The largest absolute Gasteiger partial charge is 0.481 e. The molecule has 3 N–H and O–H groups in total. The highest BCUT2D eigenvalue weighted by molar-refractivity contribution is 5.76. The van der Waals surface area contributed by atoms with Crippen molar-refractivity contribution in [3.8, 4) is 0 Å². The number of urea groups is 1. The maximum absolute atomic E-state index is 11.6. The maximum atomic E-state index is 11.6. The second-order valence-electron chi connectivity index (χ2n) is 5.00. The molecule has 0 aromatic heterocycles. The van der Waals surface area contributed by atoms with Crippen molar-refractivity contribution in [1.29, 1.82) is 0 Å². The molecule has 0 saturated carbocycles. The van der Waals surface area contributed by atoms with Crippen molar-refractivity contribution >= 4 is 12.0 Å². The number of carbonyl (C=O) groups is 2. The Morgan fingerprint density at radius 1 is 1.37 bits per heavy atom. The molecule has 1 heterocycles. The van der Waals surface area contributed by atoms with Crippen molar-refractivity contribution in [2.24, 2.45) is 5.92 Å². The lowest BCUT2D eigenvalue weighted by Crippen LogP contribution is -2.41. The quantitative estimate of drug-likeness (QED) is 0.646. The fraction of sp³-hybridized carbons (Fsp3) is 0.692. The van der Waals surface area contributed by atoms with E-state index in [9.17, 15) is 9.59 Å². The Morgan fingerprint density at radius 2 is 2.21 bits per heavy atom. The molecule has 106 valence electrons. The van der Waals surface area contributed by atoms with E-state index >= 15 is 0 Å². The van der Waals surface area contributed by atoms with E-state index in [2.05, 4.69) is 10.6 Å². The molecule has 0 aromatic rings. The summed E-state index contributed by atoms with van der Waals surface area (Å²) in [4.78, 5) is 22.4. The molecule has 6 nitrogen and oxygen atoms in total. The lowest BCUT2D eigenvalue weighted by Gasteiger charge is -2.14. The van der Waals surface area contributed by atoms with Crippen molar-refractivity contribution in [2.75, 3.05) is 13.2 Å². The summed E-state index contributed by atoms with van der Waals surface area (Å²) in [6.45, 7) is 1.40. The van der Waals surface area contributed by atoms with E-state index in [4.69, 9.17) is 9.84 Å². The van der Waals surface area contributed by atoms with E-state index in [-0.39, 0.29) is 18.2 Å². The van der Waals surface area contributed by atoms with Gasteiger partial charge in [-0.25, -0.2) is 4.79 Å². The molecule has 2 rings (SSSR count). The standard InChI is InChI=1S/C13H20N2O4/c16-12(17)9-3-4-10(8-9)15-13(18)14-6-5-11-2-1-7-19-11/h3-4,9-11H,1-2,5-8H2,(H,16,17)(H2,14,15,18). The lowest BCUT2D eigenvalue weighted by atomic mass is 10.1. The molecule has 2 amide bonds. The summed E-state index contributed by atoms with van der Waals surface area (Å²) in [5, 5.41) is 14.4. The molecule has 0 aromatic carbocycles. The van der Waals surface area contributed by atoms with Gasteiger partial charge in [0.2, 0.25) is 0 Å². The highest BCUT2D eigenvalue weighted by Gasteiger charge is 2.25. The second kappa shape index (κ2) is 6.56. The third-order valence-corrected chi connectivity index (χ3v) is 3.49. The molecule has 3 unspecified atom stereocenters. The number of hydrogen-bond donors (Lipinski definition) is 3. The monoisotopic (exact) mass is 268 g/mol. The van der Waals surface area contributed by atoms with Gasteiger partial charge in [0.1, 0.15) is 0 Å². The van der Waals surface area contributed by atoms with Gasteiger partial charge in [0.25, 0.3) is 0 Å². The molecule has 3 atom stereocenters. The Hall–Kier alpha value is -1.56. The molecule has 2 aliphatic rings. The van der Waals surface area contributed by atoms with Crippen molar-refractivity contribution < 1.29 is 19.4 Å². The highest BCUT2D eigenvalue weighted by Crippen LogP contribution is 2.18. The van der Waals surface area contributed by atoms with Crippen LogP contribution in [0.5, 0.6) is 0 Å². The lowest BCUT2D eigenvalue weighted by molar-refractivity contribution is -0.140. The molecule has 0 spiro atoms. The smallest absolute Gasteiger partial charge is 0.315 e. The number of hydrogen-bond acceptors (Lipinski definition) is 3. The van der Waals surface area contributed by atoms with Crippen molar-refractivity contribution in [1.82, 2.24) is 10.6 Å². The molecule has 1 aliphatic carbocycles. The van der Waals surface area contributed by atoms with E-state index in [1.807, 2.05) is 0 Å². The normalized spacial score (nSPS) is 29.4. The van der Waals surface area contributed by atoms with E-state index < -0.39 is 11.9 Å². The Bertz CT molecular complexity index is 364. The highest BCUT2D eigenvalue weighted by atomic mass is 16.5. The summed E-state index contributed by atoms with van der Waals surface area (Å²) in [6, 6.07) is -0.442. The Kier molecular flexibility index (Phi) is 4.79. The molecular formula is C13H20N2O4. The first-order valence-electron chi connectivity index (χ1n) is 6.72. The van der Waals surface area contributed by atoms with E-state index in [1.165, 1.54) is 0 Å². The molecule has 1 saturated heterocycles. The predicted molar refractivity (Wildman–Crippen MR) is 68.8 cm³/mol. The molecule has 0 bridgehead atoms. The fourth-order valence-electron chi connectivity index (χ4n) is 2.43. The van der Waals surface area contributed by atoms with Gasteiger partial charge in [-0.2, -0.15) is 0 Å². The van der Waals surface area contributed by atoms with E-state index in [0.29, 0.717) is 13.0 Å². The van der Waals surface area contributed by atoms with Crippen LogP contribution in [0.2, 0.25) is 0 Å². The van der Waals surface area contributed by atoms with Crippen molar-refractivity contribution in [3.63, 3.8) is 0 Å². The van der Waals surface area contributed by atoms with Crippen LogP contribution in [0, 0.1) is 5.92 Å². The van der Waals surface area contributed by atoms with Gasteiger partial charge in [-0.1, -0.05) is 12.2 Å². The summed E-state index contributed by atoms with van der Waals surface area (Å²) < 4.78 is 5.46.